The van der Waals surface area contributed by atoms with Crippen LogP contribution >= 0.6 is 0 Å². The number of hydrogen-bond acceptors (Lipinski definition) is 3. The number of hydrogen-bond donors (Lipinski definition) is 2. The number of piperidine rings is 1. The van der Waals surface area contributed by atoms with E-state index in [1.54, 1.807) is 0 Å². The van der Waals surface area contributed by atoms with Crippen LogP contribution in [0, 0.1) is 17.8 Å². The Kier molecular flexibility index (Phi) is 4.22. The first-order valence-corrected chi connectivity index (χ1v) is 6.74. The molecule has 2 rings (SSSR count). The number of rotatable bonds is 3. The van der Waals surface area contributed by atoms with Gasteiger partial charge in [0.25, 0.3) is 0 Å². The summed E-state index contributed by atoms with van der Waals surface area (Å²) >= 11 is 0. The largest absolute Gasteiger partial charge is 0.481 e. The van der Waals surface area contributed by atoms with Crippen LogP contribution in [-0.4, -0.2) is 46.7 Å². The summed E-state index contributed by atoms with van der Waals surface area (Å²) in [5, 5.41) is 18.0. The van der Waals surface area contributed by atoms with Crippen molar-refractivity contribution in [3.8, 4) is 0 Å². The first-order chi connectivity index (χ1) is 8.61. The van der Waals surface area contributed by atoms with Gasteiger partial charge in [0.05, 0.1) is 5.92 Å². The normalized spacial score (nSPS) is 29.5. The number of carbonyl (C=O) groups is 2. The predicted molar refractivity (Wildman–Crippen MR) is 64.9 cm³/mol. The first-order valence-electron chi connectivity index (χ1n) is 6.74. The molecule has 0 radical (unpaired) electrons. The van der Waals surface area contributed by atoms with Crippen molar-refractivity contribution in [2.75, 3.05) is 19.7 Å². The lowest BCUT2D eigenvalue weighted by Crippen LogP contribution is -2.42. The SMILES string of the molecule is O=C(O)[C@H]1CC[C@@H](C(=O)N2CCC(CO)CC2)C1. The van der Waals surface area contributed by atoms with Gasteiger partial charge in [-0.25, -0.2) is 0 Å². The van der Waals surface area contributed by atoms with Crippen LogP contribution in [0.3, 0.4) is 0 Å². The van der Waals surface area contributed by atoms with Crippen LogP contribution in [0.2, 0.25) is 0 Å². The standard InChI is InChI=1S/C13H21NO4/c15-8-9-3-5-14(6-4-9)12(16)10-1-2-11(7-10)13(17)18/h9-11,15H,1-8H2,(H,17,18)/t10-,11+/m1/s1. The number of carbonyl (C=O) groups excluding carboxylic acids is 1. The predicted octanol–water partition coefficient (Wildman–Crippen LogP) is 0.718. The Bertz CT molecular complexity index is 323. The molecular weight excluding hydrogens is 234 g/mol. The fraction of sp³-hybridized carbons (Fsp3) is 0.846. The molecule has 1 aliphatic carbocycles. The van der Waals surface area contributed by atoms with E-state index in [2.05, 4.69) is 0 Å². The molecule has 5 nitrogen and oxygen atoms in total. The maximum absolute atomic E-state index is 12.2. The molecule has 18 heavy (non-hydrogen) atoms. The topological polar surface area (TPSA) is 77.8 Å². The van der Waals surface area contributed by atoms with Crippen molar-refractivity contribution in [3.05, 3.63) is 0 Å². The van der Waals surface area contributed by atoms with Gasteiger partial charge in [-0.1, -0.05) is 0 Å². The van der Waals surface area contributed by atoms with E-state index in [0.29, 0.717) is 38.3 Å². The summed E-state index contributed by atoms with van der Waals surface area (Å²) in [6.45, 7) is 1.61. The van der Waals surface area contributed by atoms with E-state index in [-0.39, 0.29) is 24.3 Å². The Labute approximate surface area is 107 Å². The van der Waals surface area contributed by atoms with E-state index < -0.39 is 5.97 Å². The second kappa shape index (κ2) is 5.69. The molecule has 0 bridgehead atoms. The van der Waals surface area contributed by atoms with Gasteiger partial charge >= 0.3 is 5.97 Å². The highest BCUT2D eigenvalue weighted by molar-refractivity contribution is 5.81. The van der Waals surface area contributed by atoms with Gasteiger partial charge in [0, 0.05) is 25.6 Å². The zero-order valence-electron chi connectivity index (χ0n) is 10.5. The number of aliphatic hydroxyl groups excluding tert-OH is 1. The van der Waals surface area contributed by atoms with Gasteiger partial charge in [0.15, 0.2) is 0 Å². The second-order valence-corrected chi connectivity index (χ2v) is 5.50. The molecule has 1 heterocycles. The number of nitrogens with zero attached hydrogens (tertiary/aromatic N) is 1. The van der Waals surface area contributed by atoms with E-state index in [4.69, 9.17) is 10.2 Å². The highest BCUT2D eigenvalue weighted by atomic mass is 16.4. The van der Waals surface area contributed by atoms with Gasteiger partial charge in [-0.05, 0) is 38.0 Å². The summed E-state index contributed by atoms with van der Waals surface area (Å²) in [4.78, 5) is 25.0. The molecule has 0 spiro atoms. The molecule has 0 aromatic heterocycles. The average Bonchev–Trinajstić information content (AvgIpc) is 2.88. The molecular formula is C13H21NO4. The number of amides is 1. The summed E-state index contributed by atoms with van der Waals surface area (Å²) in [6.07, 6.45) is 3.54. The molecule has 5 heteroatoms. The third-order valence-electron chi connectivity index (χ3n) is 4.32. The van der Waals surface area contributed by atoms with Gasteiger partial charge < -0.3 is 15.1 Å². The molecule has 2 atom stereocenters. The third-order valence-corrected chi connectivity index (χ3v) is 4.32. The highest BCUT2D eigenvalue weighted by Crippen LogP contribution is 2.33. The third kappa shape index (κ3) is 2.83. The average molecular weight is 255 g/mol. The number of aliphatic carboxylic acids is 1. The van der Waals surface area contributed by atoms with E-state index in [0.717, 1.165) is 12.8 Å². The molecule has 0 aromatic rings. The van der Waals surface area contributed by atoms with E-state index in [1.165, 1.54) is 0 Å². The zero-order chi connectivity index (χ0) is 13.1. The van der Waals surface area contributed by atoms with Crippen molar-refractivity contribution >= 4 is 11.9 Å². The van der Waals surface area contributed by atoms with Gasteiger partial charge in [0.2, 0.25) is 5.91 Å². The summed E-state index contributed by atoms with van der Waals surface area (Å²) in [6, 6.07) is 0. The van der Waals surface area contributed by atoms with Crippen LogP contribution in [0.4, 0.5) is 0 Å². The Morgan fingerprint density at radius 3 is 2.17 bits per heavy atom. The van der Waals surface area contributed by atoms with Crippen LogP contribution in [-0.2, 0) is 9.59 Å². The fourth-order valence-corrected chi connectivity index (χ4v) is 3.02. The van der Waals surface area contributed by atoms with Crippen molar-refractivity contribution in [2.24, 2.45) is 17.8 Å². The maximum atomic E-state index is 12.2. The Morgan fingerprint density at radius 2 is 1.67 bits per heavy atom. The lowest BCUT2D eigenvalue weighted by atomic mass is 9.96. The summed E-state index contributed by atoms with van der Waals surface area (Å²) in [5.41, 5.74) is 0. The Balaban J connectivity index is 1.84. The van der Waals surface area contributed by atoms with Gasteiger partial charge in [0.1, 0.15) is 0 Å². The number of likely N-dealkylation sites (tertiary alicyclic amines) is 1. The molecule has 2 aliphatic rings. The lowest BCUT2D eigenvalue weighted by Gasteiger charge is -2.32. The minimum Gasteiger partial charge on any atom is -0.481 e. The van der Waals surface area contributed by atoms with Gasteiger partial charge in [-0.2, -0.15) is 0 Å². The molecule has 2 fully saturated rings. The molecule has 0 aromatic carbocycles. The van der Waals surface area contributed by atoms with Crippen molar-refractivity contribution in [3.63, 3.8) is 0 Å². The van der Waals surface area contributed by atoms with Crippen molar-refractivity contribution in [1.82, 2.24) is 4.90 Å². The minimum absolute atomic E-state index is 0.100. The molecule has 1 amide bonds. The zero-order valence-corrected chi connectivity index (χ0v) is 10.5. The molecule has 1 saturated carbocycles. The van der Waals surface area contributed by atoms with Gasteiger partial charge in [-0.15, -0.1) is 0 Å². The van der Waals surface area contributed by atoms with Crippen LogP contribution in [0.5, 0.6) is 0 Å². The maximum Gasteiger partial charge on any atom is 0.306 e. The molecule has 1 aliphatic heterocycles. The number of carboxylic acid groups (broad SMARTS) is 1. The molecule has 2 N–H and O–H groups in total. The summed E-state index contributed by atoms with van der Waals surface area (Å²) < 4.78 is 0. The van der Waals surface area contributed by atoms with Crippen LogP contribution < -0.4 is 0 Å². The highest BCUT2D eigenvalue weighted by Gasteiger charge is 2.36. The monoisotopic (exact) mass is 255 g/mol. The quantitative estimate of drug-likeness (QED) is 0.779. The summed E-state index contributed by atoms with van der Waals surface area (Å²) in [7, 11) is 0. The Morgan fingerprint density at radius 1 is 1.06 bits per heavy atom. The number of aliphatic hydroxyl groups is 1. The van der Waals surface area contributed by atoms with Crippen LogP contribution in [0.15, 0.2) is 0 Å². The van der Waals surface area contributed by atoms with Crippen molar-refractivity contribution in [1.29, 1.82) is 0 Å². The van der Waals surface area contributed by atoms with E-state index in [1.807, 2.05) is 4.90 Å². The minimum atomic E-state index is -0.774. The fourth-order valence-electron chi connectivity index (χ4n) is 3.02. The molecule has 0 unspecified atom stereocenters. The second-order valence-electron chi connectivity index (χ2n) is 5.50. The van der Waals surface area contributed by atoms with E-state index in [9.17, 15) is 9.59 Å². The van der Waals surface area contributed by atoms with E-state index >= 15 is 0 Å². The van der Waals surface area contributed by atoms with Crippen LogP contribution in [0.25, 0.3) is 0 Å². The van der Waals surface area contributed by atoms with Gasteiger partial charge in [-0.3, -0.25) is 9.59 Å². The van der Waals surface area contributed by atoms with Crippen molar-refractivity contribution < 1.29 is 19.8 Å². The van der Waals surface area contributed by atoms with Crippen molar-refractivity contribution in [2.45, 2.75) is 32.1 Å². The lowest BCUT2D eigenvalue weighted by molar-refractivity contribution is -0.141. The van der Waals surface area contributed by atoms with Crippen LogP contribution in [0.1, 0.15) is 32.1 Å². The Hall–Kier alpha value is -1.10. The molecule has 102 valence electrons. The first kappa shape index (κ1) is 13.3. The summed E-state index contributed by atoms with van der Waals surface area (Å²) in [5.74, 6) is -0.769. The number of carboxylic acids is 1. The smallest absolute Gasteiger partial charge is 0.306 e. The molecule has 1 saturated heterocycles.